The Morgan fingerprint density at radius 1 is 1.21 bits per heavy atom. The third kappa shape index (κ3) is 4.14. The van der Waals surface area contributed by atoms with Gasteiger partial charge in [0.25, 0.3) is 0 Å². The van der Waals surface area contributed by atoms with E-state index in [1.807, 2.05) is 36.4 Å². The van der Waals surface area contributed by atoms with Crippen LogP contribution in [0.25, 0.3) is 0 Å². The predicted molar refractivity (Wildman–Crippen MR) is 81.8 cm³/mol. The summed E-state index contributed by atoms with van der Waals surface area (Å²) in [5.74, 6) is 0.0656. The molecule has 1 unspecified atom stereocenters. The monoisotopic (exact) mass is 271 g/mol. The second kappa shape index (κ2) is 7.00. The molecule has 0 radical (unpaired) electrons. The molecule has 0 aliphatic heterocycles. The van der Waals surface area contributed by atoms with E-state index in [0.717, 1.165) is 6.42 Å². The number of rotatable bonds is 5. The maximum absolute atomic E-state index is 11.0. The van der Waals surface area contributed by atoms with Crippen molar-refractivity contribution in [1.29, 1.82) is 0 Å². The van der Waals surface area contributed by atoms with E-state index < -0.39 is 0 Å². The fourth-order valence-electron chi connectivity index (χ4n) is 2.00. The largest absolute Gasteiger partial charge is 0.369 e. The van der Waals surface area contributed by atoms with Gasteiger partial charge in [-0.25, -0.2) is 0 Å². The summed E-state index contributed by atoms with van der Waals surface area (Å²) in [7, 11) is 0. The molecule has 1 aliphatic carbocycles. The van der Waals surface area contributed by atoms with Crippen LogP contribution in [0.3, 0.4) is 0 Å². The first kappa shape index (κ1) is 13.7. The van der Waals surface area contributed by atoms with Crippen LogP contribution in [0.15, 0.2) is 66.3 Å². The van der Waals surface area contributed by atoms with Crippen molar-refractivity contribution in [2.75, 3.05) is 5.75 Å². The number of carbonyl (C=O) groups is 1. The van der Waals surface area contributed by atoms with Gasteiger partial charge < -0.3 is 5.73 Å². The van der Waals surface area contributed by atoms with Crippen LogP contribution in [0.5, 0.6) is 0 Å². The van der Waals surface area contributed by atoms with Crippen molar-refractivity contribution in [3.63, 3.8) is 0 Å². The van der Waals surface area contributed by atoms with Gasteiger partial charge in [0.2, 0.25) is 5.91 Å². The summed E-state index contributed by atoms with van der Waals surface area (Å²) in [5, 5.41) is 0.182. The third-order valence-electron chi connectivity index (χ3n) is 2.85. The van der Waals surface area contributed by atoms with Gasteiger partial charge in [0.1, 0.15) is 0 Å². The maximum atomic E-state index is 11.0. The Morgan fingerprint density at radius 2 is 2.00 bits per heavy atom. The number of hydrogen-bond acceptors (Lipinski definition) is 2. The van der Waals surface area contributed by atoms with Crippen molar-refractivity contribution < 1.29 is 4.79 Å². The number of carbonyl (C=O) groups excluding carboxylic acids is 1. The van der Waals surface area contributed by atoms with Crippen molar-refractivity contribution in [3.8, 4) is 0 Å². The SMILES string of the molecule is NC(=O)CSC(C1=CC=CC=CC1)c1ccccc1. The molecule has 0 aromatic heterocycles. The number of benzene rings is 1. The molecule has 0 saturated heterocycles. The van der Waals surface area contributed by atoms with Gasteiger partial charge in [0, 0.05) is 0 Å². The lowest BCUT2D eigenvalue weighted by atomic mass is 10.0. The van der Waals surface area contributed by atoms with Crippen LogP contribution in [-0.2, 0) is 4.79 Å². The molecule has 0 bridgehead atoms. The average molecular weight is 271 g/mol. The molecule has 98 valence electrons. The Hall–Kier alpha value is -1.74. The van der Waals surface area contributed by atoms with Crippen LogP contribution in [0.1, 0.15) is 17.2 Å². The first-order valence-corrected chi connectivity index (χ1v) is 7.29. The minimum atomic E-state index is -0.272. The summed E-state index contributed by atoms with van der Waals surface area (Å²) >= 11 is 1.59. The first-order valence-electron chi connectivity index (χ1n) is 6.24. The molecule has 0 saturated carbocycles. The average Bonchev–Trinajstić information content (AvgIpc) is 2.69. The summed E-state index contributed by atoms with van der Waals surface area (Å²) in [6.45, 7) is 0. The highest BCUT2D eigenvalue weighted by molar-refractivity contribution is 8.00. The lowest BCUT2D eigenvalue weighted by Gasteiger charge is -2.19. The normalized spacial score (nSPS) is 15.7. The van der Waals surface area contributed by atoms with Crippen molar-refractivity contribution in [1.82, 2.24) is 0 Å². The highest BCUT2D eigenvalue weighted by Crippen LogP contribution is 2.37. The predicted octanol–water partition coefficient (Wildman–Crippen LogP) is 3.39. The van der Waals surface area contributed by atoms with E-state index in [-0.39, 0.29) is 11.2 Å². The van der Waals surface area contributed by atoms with Crippen molar-refractivity contribution in [2.45, 2.75) is 11.7 Å². The van der Waals surface area contributed by atoms with Gasteiger partial charge in [-0.3, -0.25) is 4.79 Å². The maximum Gasteiger partial charge on any atom is 0.227 e. The van der Waals surface area contributed by atoms with Gasteiger partial charge >= 0.3 is 0 Å². The highest BCUT2D eigenvalue weighted by Gasteiger charge is 2.17. The first-order chi connectivity index (χ1) is 9.27. The molecule has 0 fully saturated rings. The second-order valence-electron chi connectivity index (χ2n) is 4.33. The summed E-state index contributed by atoms with van der Waals surface area (Å²) < 4.78 is 0. The van der Waals surface area contributed by atoms with E-state index in [0.29, 0.717) is 5.75 Å². The Kier molecular flexibility index (Phi) is 5.04. The Balaban J connectivity index is 2.23. The summed E-state index contributed by atoms with van der Waals surface area (Å²) in [6, 6.07) is 10.2. The molecule has 3 heteroatoms. The minimum absolute atomic E-state index is 0.182. The van der Waals surface area contributed by atoms with E-state index >= 15 is 0 Å². The summed E-state index contributed by atoms with van der Waals surface area (Å²) in [5.41, 5.74) is 7.78. The smallest absolute Gasteiger partial charge is 0.227 e. The molecule has 1 aromatic carbocycles. The zero-order chi connectivity index (χ0) is 13.5. The lowest BCUT2D eigenvalue weighted by Crippen LogP contribution is -2.14. The number of thioether (sulfide) groups is 1. The molecule has 2 N–H and O–H groups in total. The second-order valence-corrected chi connectivity index (χ2v) is 5.42. The van der Waals surface area contributed by atoms with Crippen LogP contribution in [0.2, 0.25) is 0 Å². The Bertz CT molecular complexity index is 517. The molecule has 1 atom stereocenters. The molecule has 0 heterocycles. The number of allylic oxidation sites excluding steroid dienone is 5. The quantitative estimate of drug-likeness (QED) is 0.892. The third-order valence-corrected chi connectivity index (χ3v) is 4.21. The zero-order valence-corrected chi connectivity index (χ0v) is 11.5. The van der Waals surface area contributed by atoms with Crippen LogP contribution >= 0.6 is 11.8 Å². The van der Waals surface area contributed by atoms with Gasteiger partial charge in [-0.1, -0.05) is 60.7 Å². The van der Waals surface area contributed by atoms with Crippen LogP contribution in [0, 0.1) is 0 Å². The molecule has 2 nitrogen and oxygen atoms in total. The van der Waals surface area contributed by atoms with E-state index in [1.54, 1.807) is 11.8 Å². The van der Waals surface area contributed by atoms with E-state index in [4.69, 9.17) is 5.73 Å². The molecule has 0 spiro atoms. The molecule has 1 aliphatic rings. The Labute approximate surface area is 118 Å². The van der Waals surface area contributed by atoms with Crippen LogP contribution in [0.4, 0.5) is 0 Å². The topological polar surface area (TPSA) is 43.1 Å². The molecular weight excluding hydrogens is 254 g/mol. The van der Waals surface area contributed by atoms with Gasteiger partial charge in [-0.15, -0.1) is 11.8 Å². The summed E-state index contributed by atoms with van der Waals surface area (Å²) in [6.07, 6.45) is 11.3. The molecule has 19 heavy (non-hydrogen) atoms. The van der Waals surface area contributed by atoms with Gasteiger partial charge in [0.15, 0.2) is 0 Å². The highest BCUT2D eigenvalue weighted by atomic mass is 32.2. The zero-order valence-electron chi connectivity index (χ0n) is 10.7. The molecule has 1 amide bonds. The minimum Gasteiger partial charge on any atom is -0.369 e. The Morgan fingerprint density at radius 3 is 2.74 bits per heavy atom. The number of amides is 1. The van der Waals surface area contributed by atoms with E-state index in [1.165, 1.54) is 11.1 Å². The van der Waals surface area contributed by atoms with Crippen LogP contribution in [-0.4, -0.2) is 11.7 Å². The number of nitrogens with two attached hydrogens (primary N) is 1. The van der Waals surface area contributed by atoms with Crippen molar-refractivity contribution >= 4 is 17.7 Å². The van der Waals surface area contributed by atoms with Crippen molar-refractivity contribution in [3.05, 3.63) is 71.8 Å². The number of primary amides is 1. The summed E-state index contributed by atoms with van der Waals surface area (Å²) in [4.78, 5) is 11.0. The van der Waals surface area contributed by atoms with E-state index in [9.17, 15) is 4.79 Å². The van der Waals surface area contributed by atoms with Gasteiger partial charge in [0.05, 0.1) is 11.0 Å². The molecular formula is C16H17NOS. The lowest BCUT2D eigenvalue weighted by molar-refractivity contribution is -0.115. The number of hydrogen-bond donors (Lipinski definition) is 1. The van der Waals surface area contributed by atoms with Crippen LogP contribution < -0.4 is 5.73 Å². The van der Waals surface area contributed by atoms with Gasteiger partial charge in [-0.2, -0.15) is 0 Å². The van der Waals surface area contributed by atoms with Crippen molar-refractivity contribution in [2.24, 2.45) is 5.73 Å². The fraction of sp³-hybridized carbons (Fsp3) is 0.188. The molecule has 1 aromatic rings. The fourth-order valence-corrected chi connectivity index (χ4v) is 3.07. The molecule has 2 rings (SSSR count). The standard InChI is InChI=1S/C16H17NOS/c17-15(18)12-19-16(14-10-6-3-7-11-14)13-8-4-1-2-5-9-13/h1-8,10-11,16H,9,12H2,(H2,17,18). The van der Waals surface area contributed by atoms with E-state index in [2.05, 4.69) is 24.3 Å². The van der Waals surface area contributed by atoms with Gasteiger partial charge in [-0.05, 0) is 17.6 Å².